The number of aryl methyl sites for hydroxylation is 3. The summed E-state index contributed by atoms with van der Waals surface area (Å²) < 4.78 is 31.0. The van der Waals surface area contributed by atoms with Crippen LogP contribution in [0.3, 0.4) is 0 Å². The number of nitrogens with one attached hydrogen (secondary N) is 1. The third-order valence-electron chi connectivity index (χ3n) is 7.88. The van der Waals surface area contributed by atoms with Gasteiger partial charge in [0.05, 0.1) is 11.4 Å². The zero-order chi connectivity index (χ0) is 31.0. The van der Waals surface area contributed by atoms with Gasteiger partial charge in [-0.1, -0.05) is 94.5 Å². The van der Waals surface area contributed by atoms with Crippen LogP contribution in [0.4, 0.5) is 11.4 Å². The molecule has 1 N–H and O–H groups in total. The van der Waals surface area contributed by atoms with Crippen molar-refractivity contribution >= 4 is 44.7 Å². The molecular formula is C33H44ClN5O3S. The highest BCUT2D eigenvalue weighted by Crippen LogP contribution is 2.36. The number of benzene rings is 2. The van der Waals surface area contributed by atoms with Crippen LogP contribution in [0.1, 0.15) is 94.1 Å². The smallest absolute Gasteiger partial charge is 0.267 e. The molecule has 1 aliphatic rings. The molecule has 0 saturated heterocycles. The van der Waals surface area contributed by atoms with Crippen molar-refractivity contribution in [2.24, 2.45) is 4.99 Å². The molecular weight excluding hydrogens is 582 g/mol. The molecule has 3 aromatic rings. The van der Waals surface area contributed by atoms with Gasteiger partial charge in [-0.25, -0.2) is 18.1 Å². The fraction of sp³-hybridized carbons (Fsp3) is 0.485. The highest BCUT2D eigenvalue weighted by molar-refractivity contribution is 7.90. The maximum atomic E-state index is 14.1. The number of halogens is 1. The summed E-state index contributed by atoms with van der Waals surface area (Å²) in [5.74, 6) is -0.309. The van der Waals surface area contributed by atoms with E-state index >= 15 is 0 Å². The van der Waals surface area contributed by atoms with Crippen LogP contribution < -0.4 is 5.32 Å². The maximum Gasteiger partial charge on any atom is 0.267 e. The van der Waals surface area contributed by atoms with E-state index in [1.54, 1.807) is 41.1 Å². The largest absolute Gasteiger partial charge is 0.324 e. The molecule has 1 amide bonds. The van der Waals surface area contributed by atoms with Crippen molar-refractivity contribution in [1.29, 1.82) is 0 Å². The number of rotatable bonds is 15. The second-order valence-corrected chi connectivity index (χ2v) is 13.7. The van der Waals surface area contributed by atoms with Crippen molar-refractivity contribution in [2.75, 3.05) is 11.9 Å². The predicted molar refractivity (Wildman–Crippen MR) is 175 cm³/mol. The Balaban J connectivity index is 1.63. The second-order valence-electron chi connectivity index (χ2n) is 11.4. The number of unbranched alkanes of at least 4 members (excludes halogenated alkanes) is 9. The summed E-state index contributed by atoms with van der Waals surface area (Å²) in [6.07, 6.45) is 11.3. The van der Waals surface area contributed by atoms with Gasteiger partial charge in [-0.15, -0.1) is 0 Å². The van der Waals surface area contributed by atoms with Gasteiger partial charge in [-0.05, 0) is 63.1 Å². The summed E-state index contributed by atoms with van der Waals surface area (Å²) in [6.45, 7) is 8.02. The Hall–Kier alpha value is -3.17. The van der Waals surface area contributed by atoms with E-state index in [0.717, 1.165) is 36.2 Å². The lowest BCUT2D eigenvalue weighted by atomic mass is 10.1. The van der Waals surface area contributed by atoms with Crippen LogP contribution in [0.25, 0.3) is 0 Å². The monoisotopic (exact) mass is 625 g/mol. The van der Waals surface area contributed by atoms with E-state index in [1.165, 1.54) is 42.8 Å². The van der Waals surface area contributed by atoms with Gasteiger partial charge < -0.3 is 5.32 Å². The number of carbonyl (C=O) groups is 1. The Morgan fingerprint density at radius 3 is 2.21 bits per heavy atom. The van der Waals surface area contributed by atoms with Gasteiger partial charge >= 0.3 is 0 Å². The number of nitrogens with zero attached hydrogens (tertiary/aromatic N) is 4. The minimum atomic E-state index is -3.96. The first-order chi connectivity index (χ1) is 20.6. The van der Waals surface area contributed by atoms with Crippen molar-refractivity contribution < 1.29 is 13.2 Å². The van der Waals surface area contributed by atoms with Crippen molar-refractivity contribution in [3.05, 3.63) is 70.5 Å². The Morgan fingerprint density at radius 2 is 1.56 bits per heavy atom. The number of anilines is 1. The number of amidine groups is 1. The molecule has 0 aliphatic carbocycles. The molecule has 1 aliphatic heterocycles. The minimum Gasteiger partial charge on any atom is -0.324 e. The molecule has 43 heavy (non-hydrogen) atoms. The van der Waals surface area contributed by atoms with Crippen molar-refractivity contribution in [2.45, 2.75) is 103 Å². The zero-order valence-corrected chi connectivity index (χ0v) is 27.3. The SMILES string of the molecule is CCCCCCCCCCCCN1C(C(C(=O)Nc2cc(Cl)ccc2C)n2nc(C)cc2C)=Nc2ccccc2S1(=O)=O. The van der Waals surface area contributed by atoms with E-state index in [-0.39, 0.29) is 17.3 Å². The lowest BCUT2D eigenvalue weighted by Gasteiger charge is -2.33. The normalized spacial score (nSPS) is 14.7. The third-order valence-corrected chi connectivity index (χ3v) is 9.96. The van der Waals surface area contributed by atoms with Gasteiger partial charge in [0.25, 0.3) is 15.9 Å². The van der Waals surface area contributed by atoms with E-state index in [2.05, 4.69) is 17.3 Å². The number of para-hydroxylation sites is 1. The van der Waals surface area contributed by atoms with Gasteiger partial charge in [-0.2, -0.15) is 5.10 Å². The summed E-state index contributed by atoms with van der Waals surface area (Å²) in [6, 6.07) is 12.7. The number of amides is 1. The van der Waals surface area contributed by atoms with Crippen LogP contribution in [-0.2, 0) is 14.8 Å². The number of sulfonamides is 1. The Morgan fingerprint density at radius 1 is 0.907 bits per heavy atom. The van der Waals surface area contributed by atoms with E-state index in [4.69, 9.17) is 16.6 Å². The first-order valence-electron chi connectivity index (χ1n) is 15.4. The highest BCUT2D eigenvalue weighted by atomic mass is 35.5. The lowest BCUT2D eigenvalue weighted by Crippen LogP contribution is -2.48. The fourth-order valence-electron chi connectivity index (χ4n) is 5.54. The molecule has 0 saturated carbocycles. The maximum absolute atomic E-state index is 14.1. The summed E-state index contributed by atoms with van der Waals surface area (Å²) in [5, 5.41) is 8.07. The van der Waals surface area contributed by atoms with Crippen molar-refractivity contribution in [1.82, 2.24) is 14.1 Å². The van der Waals surface area contributed by atoms with Crippen molar-refractivity contribution in [3.63, 3.8) is 0 Å². The Bertz CT molecular complexity index is 1550. The molecule has 2 heterocycles. The van der Waals surface area contributed by atoms with Crippen LogP contribution in [0.5, 0.6) is 0 Å². The first-order valence-corrected chi connectivity index (χ1v) is 17.3. The topological polar surface area (TPSA) is 96.7 Å². The van der Waals surface area contributed by atoms with Gasteiger partial charge in [0, 0.05) is 22.9 Å². The van der Waals surface area contributed by atoms with Crippen LogP contribution in [0.2, 0.25) is 5.02 Å². The summed E-state index contributed by atoms with van der Waals surface area (Å²) in [5.41, 5.74) is 3.13. The second kappa shape index (κ2) is 15.0. The highest BCUT2D eigenvalue weighted by Gasteiger charge is 2.41. The molecule has 0 bridgehead atoms. The van der Waals surface area contributed by atoms with E-state index < -0.39 is 22.0 Å². The quantitative estimate of drug-likeness (QED) is 0.172. The van der Waals surface area contributed by atoms with Crippen molar-refractivity contribution in [3.8, 4) is 0 Å². The molecule has 1 aromatic heterocycles. The standard InChI is InChI=1S/C33H44ClN5O3S/c1-5-6-7-8-9-10-11-12-13-16-21-38-32(35-28-17-14-15-18-30(28)43(38,41)42)31(39-26(4)22-25(3)37-39)33(40)36-29-23-27(34)20-19-24(29)2/h14-15,17-20,22-23,31H,5-13,16,21H2,1-4H3,(H,36,40). The third kappa shape index (κ3) is 8.06. The number of aliphatic imine (C=N–C) groups is 1. The Labute approximate surface area is 261 Å². The number of aromatic nitrogens is 2. The number of fused-ring (bicyclic) bond motifs is 1. The average molecular weight is 626 g/mol. The molecule has 232 valence electrons. The van der Waals surface area contributed by atoms with Crippen LogP contribution in [-0.4, -0.2) is 40.8 Å². The molecule has 2 aromatic carbocycles. The molecule has 0 spiro atoms. The number of carbonyl (C=O) groups excluding carboxylic acids is 1. The van der Waals surface area contributed by atoms with E-state index in [9.17, 15) is 13.2 Å². The zero-order valence-electron chi connectivity index (χ0n) is 25.8. The average Bonchev–Trinajstić information content (AvgIpc) is 3.30. The van der Waals surface area contributed by atoms with Gasteiger partial charge in [0.2, 0.25) is 0 Å². The molecule has 4 rings (SSSR count). The van der Waals surface area contributed by atoms with Crippen LogP contribution in [0, 0.1) is 20.8 Å². The molecule has 0 fully saturated rings. The number of hydrogen-bond donors (Lipinski definition) is 1. The molecule has 10 heteroatoms. The predicted octanol–water partition coefficient (Wildman–Crippen LogP) is 8.30. The van der Waals surface area contributed by atoms with Crippen LogP contribution >= 0.6 is 11.6 Å². The van der Waals surface area contributed by atoms with Gasteiger partial charge in [0.1, 0.15) is 4.90 Å². The van der Waals surface area contributed by atoms with Crippen LogP contribution in [0.15, 0.2) is 58.4 Å². The molecule has 0 radical (unpaired) electrons. The fourth-order valence-corrected chi connectivity index (χ4v) is 7.33. The number of hydrogen-bond acceptors (Lipinski definition) is 5. The summed E-state index contributed by atoms with van der Waals surface area (Å²) >= 11 is 6.24. The van der Waals surface area contributed by atoms with E-state index in [1.807, 2.05) is 32.9 Å². The van der Waals surface area contributed by atoms with E-state index in [0.29, 0.717) is 22.8 Å². The molecule has 1 atom stereocenters. The molecule has 1 unspecified atom stereocenters. The minimum absolute atomic E-state index is 0.137. The molecule has 8 nitrogen and oxygen atoms in total. The summed E-state index contributed by atoms with van der Waals surface area (Å²) in [7, 11) is -3.96. The Kier molecular flexibility index (Phi) is 11.4. The first kappa shape index (κ1) is 32.7. The lowest BCUT2D eigenvalue weighted by molar-refractivity contribution is -0.117. The summed E-state index contributed by atoms with van der Waals surface area (Å²) in [4.78, 5) is 19.1. The van der Waals surface area contributed by atoms with Gasteiger partial charge in [0.15, 0.2) is 11.9 Å². The van der Waals surface area contributed by atoms with Gasteiger partial charge in [-0.3, -0.25) is 9.10 Å².